The number of hydrogen-bond acceptors (Lipinski definition) is 1. The van der Waals surface area contributed by atoms with Gasteiger partial charge in [0.05, 0.1) is 0 Å². The molecule has 22 heavy (non-hydrogen) atoms. The van der Waals surface area contributed by atoms with Gasteiger partial charge in [-0.3, -0.25) is 0 Å². The fourth-order valence-corrected chi connectivity index (χ4v) is 3.02. The van der Waals surface area contributed by atoms with E-state index >= 15 is 0 Å². The van der Waals surface area contributed by atoms with E-state index in [1.165, 1.54) is 32.7 Å². The summed E-state index contributed by atoms with van der Waals surface area (Å²) in [6.07, 6.45) is 12.4. The van der Waals surface area contributed by atoms with Crippen LogP contribution in [0, 0.1) is 13.8 Å². The molecule has 0 aliphatic heterocycles. The minimum Gasteiger partial charge on any atom is -0.148 e. The first-order chi connectivity index (χ1) is 10.6. The lowest BCUT2D eigenvalue weighted by molar-refractivity contribution is 1.44. The summed E-state index contributed by atoms with van der Waals surface area (Å²) >= 11 is 1.78. The molecule has 0 bridgehead atoms. The average molecular weight is 306 g/mol. The average Bonchev–Trinajstić information content (AvgIpc) is 2.86. The van der Waals surface area contributed by atoms with Crippen LogP contribution >= 0.6 is 11.3 Å². The van der Waals surface area contributed by atoms with Gasteiger partial charge in [0.1, 0.15) is 0 Å². The van der Waals surface area contributed by atoms with Crippen LogP contribution in [0.3, 0.4) is 0 Å². The monoisotopic (exact) mass is 306 g/mol. The fraction of sp³-hybridized carbons (Fsp3) is 0.143. The summed E-state index contributed by atoms with van der Waals surface area (Å²) in [4.78, 5) is 1.33. The molecule has 0 saturated heterocycles. The first-order valence-corrected chi connectivity index (χ1v) is 8.29. The molecule has 0 unspecified atom stereocenters. The Kier molecular flexibility index (Phi) is 5.74. The van der Waals surface area contributed by atoms with Crippen LogP contribution in [-0.2, 0) is 0 Å². The van der Waals surface area contributed by atoms with E-state index in [0.717, 1.165) is 0 Å². The molecule has 0 amide bonds. The third kappa shape index (κ3) is 4.19. The molecule has 0 spiro atoms. The SMILES string of the molecule is C=C/C=C\c1c(/C=C/C=C(\C)c2ccc(C)cc2)csc1C. The highest BCUT2D eigenvalue weighted by Crippen LogP contribution is 2.25. The van der Waals surface area contributed by atoms with E-state index in [9.17, 15) is 0 Å². The maximum Gasteiger partial charge on any atom is 0.00927 e. The van der Waals surface area contributed by atoms with Gasteiger partial charge in [0.15, 0.2) is 0 Å². The Morgan fingerprint density at radius 1 is 1.05 bits per heavy atom. The Hall–Kier alpha value is -2.12. The molecule has 0 N–H and O–H groups in total. The maximum atomic E-state index is 3.73. The molecule has 0 aliphatic carbocycles. The summed E-state index contributed by atoms with van der Waals surface area (Å²) in [6, 6.07) is 8.64. The van der Waals surface area contributed by atoms with Crippen LogP contribution in [0.2, 0.25) is 0 Å². The number of allylic oxidation sites excluding steroid dienone is 5. The molecule has 1 aromatic heterocycles. The van der Waals surface area contributed by atoms with E-state index in [1.807, 2.05) is 12.2 Å². The first kappa shape index (κ1) is 16.3. The highest BCUT2D eigenvalue weighted by atomic mass is 32.1. The molecule has 1 aromatic carbocycles. The van der Waals surface area contributed by atoms with Gasteiger partial charge in [0.2, 0.25) is 0 Å². The Morgan fingerprint density at radius 3 is 2.45 bits per heavy atom. The van der Waals surface area contributed by atoms with Gasteiger partial charge in [0, 0.05) is 4.88 Å². The first-order valence-electron chi connectivity index (χ1n) is 7.41. The predicted octanol–water partition coefficient (Wildman–Crippen LogP) is 6.68. The van der Waals surface area contributed by atoms with Gasteiger partial charge in [-0.1, -0.05) is 72.9 Å². The van der Waals surface area contributed by atoms with Crippen molar-refractivity contribution in [3.05, 3.63) is 87.7 Å². The zero-order valence-electron chi connectivity index (χ0n) is 13.5. The molecule has 0 saturated carbocycles. The lowest BCUT2D eigenvalue weighted by Gasteiger charge is -2.00. The summed E-state index contributed by atoms with van der Waals surface area (Å²) < 4.78 is 0. The topological polar surface area (TPSA) is 0 Å². The normalized spacial score (nSPS) is 12.4. The Labute approximate surface area is 137 Å². The largest absolute Gasteiger partial charge is 0.148 e. The zero-order chi connectivity index (χ0) is 15.9. The third-order valence-corrected chi connectivity index (χ3v) is 4.53. The van der Waals surface area contributed by atoms with Crippen LogP contribution in [0.5, 0.6) is 0 Å². The van der Waals surface area contributed by atoms with Gasteiger partial charge < -0.3 is 0 Å². The second kappa shape index (κ2) is 7.77. The van der Waals surface area contributed by atoms with Crippen LogP contribution in [0.15, 0.2) is 60.5 Å². The van der Waals surface area contributed by atoms with E-state index in [2.05, 4.69) is 81.3 Å². The molecule has 1 heterocycles. The van der Waals surface area contributed by atoms with Crippen LogP contribution in [0.4, 0.5) is 0 Å². The summed E-state index contributed by atoms with van der Waals surface area (Å²) in [5, 5.41) is 2.20. The van der Waals surface area contributed by atoms with Gasteiger partial charge in [-0.25, -0.2) is 0 Å². The van der Waals surface area contributed by atoms with Gasteiger partial charge >= 0.3 is 0 Å². The lowest BCUT2D eigenvalue weighted by Crippen LogP contribution is -1.79. The molecular formula is C21H22S. The summed E-state index contributed by atoms with van der Waals surface area (Å²) in [7, 11) is 0. The van der Waals surface area contributed by atoms with Crippen LogP contribution in [0.25, 0.3) is 17.7 Å². The summed E-state index contributed by atoms with van der Waals surface area (Å²) in [6.45, 7) is 10.1. The fourth-order valence-electron chi connectivity index (χ4n) is 2.20. The molecule has 0 atom stereocenters. The van der Waals surface area contributed by atoms with Crippen molar-refractivity contribution in [3.8, 4) is 0 Å². The van der Waals surface area contributed by atoms with Gasteiger partial charge in [0.25, 0.3) is 0 Å². The van der Waals surface area contributed by atoms with E-state index < -0.39 is 0 Å². The molecule has 0 radical (unpaired) electrons. The minimum absolute atomic E-state index is 1.26. The van der Waals surface area contributed by atoms with Gasteiger partial charge in [-0.05, 0) is 48.4 Å². The maximum absolute atomic E-state index is 3.73. The molecule has 2 rings (SSSR count). The van der Waals surface area contributed by atoms with E-state index in [0.29, 0.717) is 0 Å². The van der Waals surface area contributed by atoms with Crippen LogP contribution in [0.1, 0.15) is 34.1 Å². The van der Waals surface area contributed by atoms with Crippen LogP contribution in [-0.4, -0.2) is 0 Å². The molecule has 0 aliphatic rings. The highest BCUT2D eigenvalue weighted by molar-refractivity contribution is 7.10. The Bertz CT molecular complexity index is 722. The van der Waals surface area contributed by atoms with Gasteiger partial charge in [-0.15, -0.1) is 11.3 Å². The highest BCUT2D eigenvalue weighted by Gasteiger charge is 2.02. The van der Waals surface area contributed by atoms with E-state index in [-0.39, 0.29) is 0 Å². The molecular weight excluding hydrogens is 284 g/mol. The molecule has 0 nitrogen and oxygen atoms in total. The second-order valence-corrected chi connectivity index (χ2v) is 6.41. The molecule has 2 aromatic rings. The summed E-state index contributed by atoms with van der Waals surface area (Å²) in [5.74, 6) is 0. The lowest BCUT2D eigenvalue weighted by atomic mass is 10.0. The van der Waals surface area contributed by atoms with E-state index in [1.54, 1.807) is 11.3 Å². The quantitative estimate of drug-likeness (QED) is 0.540. The van der Waals surface area contributed by atoms with Crippen molar-refractivity contribution in [1.29, 1.82) is 0 Å². The minimum atomic E-state index is 1.26. The molecule has 112 valence electrons. The number of rotatable bonds is 5. The molecule has 1 heteroatoms. The second-order valence-electron chi connectivity index (χ2n) is 5.33. The van der Waals surface area contributed by atoms with Crippen molar-refractivity contribution >= 4 is 29.1 Å². The van der Waals surface area contributed by atoms with E-state index in [4.69, 9.17) is 0 Å². The summed E-state index contributed by atoms with van der Waals surface area (Å²) in [5.41, 5.74) is 6.37. The number of thiophene rings is 1. The standard InChI is InChI=1S/C21H22S/c1-5-6-10-21-18(4)22-15-20(21)9-7-8-17(3)19-13-11-16(2)12-14-19/h5-15H,1H2,2-4H3/b9-7+,10-6-,17-8+. The van der Waals surface area contributed by atoms with Crippen LogP contribution < -0.4 is 0 Å². The van der Waals surface area contributed by atoms with Crippen molar-refractivity contribution in [1.82, 2.24) is 0 Å². The Morgan fingerprint density at radius 2 is 1.77 bits per heavy atom. The number of benzene rings is 1. The number of aryl methyl sites for hydroxylation is 2. The van der Waals surface area contributed by atoms with Crippen molar-refractivity contribution in [2.75, 3.05) is 0 Å². The van der Waals surface area contributed by atoms with Crippen molar-refractivity contribution < 1.29 is 0 Å². The smallest absolute Gasteiger partial charge is 0.00927 e. The third-order valence-electron chi connectivity index (χ3n) is 3.58. The molecule has 0 fully saturated rings. The van der Waals surface area contributed by atoms with Gasteiger partial charge in [-0.2, -0.15) is 0 Å². The predicted molar refractivity (Wildman–Crippen MR) is 102 cm³/mol. The van der Waals surface area contributed by atoms with Crippen molar-refractivity contribution in [2.45, 2.75) is 20.8 Å². The zero-order valence-corrected chi connectivity index (χ0v) is 14.3. The van der Waals surface area contributed by atoms with Crippen molar-refractivity contribution in [2.24, 2.45) is 0 Å². The van der Waals surface area contributed by atoms with Crippen molar-refractivity contribution in [3.63, 3.8) is 0 Å². The Balaban J connectivity index is 2.18. The number of hydrogen-bond donors (Lipinski definition) is 0.